The summed E-state index contributed by atoms with van der Waals surface area (Å²) >= 11 is 1.41. The Balaban J connectivity index is 1.15. The maximum Gasteiger partial charge on any atom is 0.417 e. The zero-order valence-corrected chi connectivity index (χ0v) is 24.4. The molecule has 5 aliphatic rings. The van der Waals surface area contributed by atoms with Crippen molar-refractivity contribution in [2.24, 2.45) is 0 Å². The van der Waals surface area contributed by atoms with Crippen LogP contribution in [0.25, 0.3) is 10.2 Å². The molecule has 4 aliphatic heterocycles. The molecule has 10 nitrogen and oxygen atoms in total. The van der Waals surface area contributed by atoms with E-state index < -0.39 is 29.1 Å². The number of alkyl halides is 3. The first kappa shape index (κ1) is 28.3. The van der Waals surface area contributed by atoms with E-state index in [-0.39, 0.29) is 61.2 Å². The predicted molar refractivity (Wildman–Crippen MR) is 152 cm³/mol. The summed E-state index contributed by atoms with van der Waals surface area (Å²) in [7, 11) is 1.48. The molecule has 0 spiro atoms. The number of carbonyl (C=O) groups excluding carboxylic acids is 2. The molecule has 0 radical (unpaired) electrons. The van der Waals surface area contributed by atoms with Crippen molar-refractivity contribution in [3.63, 3.8) is 0 Å². The van der Waals surface area contributed by atoms with Gasteiger partial charge in [-0.05, 0) is 57.2 Å². The molecule has 5 fully saturated rings. The summed E-state index contributed by atoms with van der Waals surface area (Å²) in [5.74, 6) is -0.675. The third-order valence-electron chi connectivity index (χ3n) is 9.20. The highest BCUT2D eigenvalue weighted by atomic mass is 32.1. The number of hydrogen-bond acceptors (Lipinski definition) is 9. The molecule has 228 valence electrons. The lowest BCUT2D eigenvalue weighted by atomic mass is 9.70. The Kier molecular flexibility index (Phi) is 6.60. The van der Waals surface area contributed by atoms with Crippen molar-refractivity contribution in [1.29, 1.82) is 0 Å². The molecular weight excluding hydrogens is 587 g/mol. The number of rotatable bonds is 6. The summed E-state index contributed by atoms with van der Waals surface area (Å²) in [6, 6.07) is 5.57. The number of pyridine rings is 1. The minimum Gasteiger partial charge on any atom is -0.496 e. The fourth-order valence-corrected chi connectivity index (χ4v) is 7.92. The number of nitrogens with zero attached hydrogens (tertiary/aromatic N) is 3. The van der Waals surface area contributed by atoms with Crippen LogP contribution in [0.5, 0.6) is 5.75 Å². The third-order valence-corrected chi connectivity index (χ3v) is 10.3. The highest BCUT2D eigenvalue weighted by molar-refractivity contribution is 7.22. The number of aryl methyl sites for hydroxylation is 1. The van der Waals surface area contributed by atoms with Crippen LogP contribution in [0.15, 0.2) is 24.4 Å². The van der Waals surface area contributed by atoms with Gasteiger partial charge in [0.1, 0.15) is 11.3 Å². The van der Waals surface area contributed by atoms with E-state index in [0.717, 1.165) is 11.6 Å². The maximum absolute atomic E-state index is 13.8. The zero-order chi connectivity index (χ0) is 30.1. The molecule has 3 aromatic rings. The van der Waals surface area contributed by atoms with Gasteiger partial charge in [-0.15, -0.1) is 0 Å². The summed E-state index contributed by atoms with van der Waals surface area (Å²) in [6.45, 7) is 2.76. The highest BCUT2D eigenvalue weighted by Crippen LogP contribution is 2.51. The van der Waals surface area contributed by atoms with Crippen LogP contribution in [0, 0.1) is 6.92 Å². The molecular formula is C29H30F3N5O5S. The van der Waals surface area contributed by atoms with Crippen LogP contribution in [0.2, 0.25) is 0 Å². The first-order valence-electron chi connectivity index (χ1n) is 14.2. The number of carbonyl (C=O) groups is 2. The van der Waals surface area contributed by atoms with Gasteiger partial charge in [-0.3, -0.25) is 14.6 Å². The number of benzene rings is 1. The Morgan fingerprint density at radius 3 is 2.51 bits per heavy atom. The van der Waals surface area contributed by atoms with Gasteiger partial charge < -0.3 is 29.7 Å². The summed E-state index contributed by atoms with van der Waals surface area (Å²) in [5.41, 5.74) is -1.27. The minimum atomic E-state index is -4.46. The van der Waals surface area contributed by atoms with Crippen molar-refractivity contribution >= 4 is 44.2 Å². The molecule has 1 saturated carbocycles. The van der Waals surface area contributed by atoms with Gasteiger partial charge in [-0.25, -0.2) is 4.98 Å². The van der Waals surface area contributed by atoms with Crippen molar-refractivity contribution in [2.75, 3.05) is 37.1 Å². The smallest absolute Gasteiger partial charge is 0.417 e. The van der Waals surface area contributed by atoms with Crippen LogP contribution >= 0.6 is 11.3 Å². The summed E-state index contributed by atoms with van der Waals surface area (Å²) in [5, 5.41) is 6.58. The Labute approximate surface area is 248 Å². The monoisotopic (exact) mass is 617 g/mol. The van der Waals surface area contributed by atoms with Crippen LogP contribution in [0.4, 0.5) is 24.0 Å². The van der Waals surface area contributed by atoms with E-state index in [2.05, 4.69) is 20.5 Å². The molecule has 1 aromatic carbocycles. The first-order valence-corrected chi connectivity index (χ1v) is 15.0. The van der Waals surface area contributed by atoms with E-state index in [1.807, 2.05) is 6.07 Å². The first-order chi connectivity index (χ1) is 20.5. The lowest BCUT2D eigenvalue weighted by Crippen LogP contribution is -2.66. The standard InChI is InChI=1S/C29H30F3N5O5S/c1-15-9-18(24(38)36-27-5-7-28(8-6-27,42-14-27)29(30,31)32)20(11-33-15)34-25(39)22-21(40-2)4-3-19-23(22)43-26(35-19)37-16-10-17(37)13-41-12-16/h3-4,9,11,16-17H,5-8,10,12-14H2,1-2H3,(H,34,39)(H,36,38). The van der Waals surface area contributed by atoms with Crippen molar-refractivity contribution in [2.45, 2.75) is 68.4 Å². The van der Waals surface area contributed by atoms with E-state index in [4.69, 9.17) is 19.2 Å². The fraction of sp³-hybridized carbons (Fsp3) is 0.517. The zero-order valence-electron chi connectivity index (χ0n) is 23.5. The average Bonchev–Trinajstić information content (AvgIpc) is 3.41. The molecule has 4 bridgehead atoms. The van der Waals surface area contributed by atoms with Crippen molar-refractivity contribution < 1.29 is 37.0 Å². The number of aromatic nitrogens is 2. The number of ether oxygens (including phenoxy) is 3. The molecule has 8 rings (SSSR count). The molecule has 4 saturated heterocycles. The van der Waals surface area contributed by atoms with Crippen LogP contribution in [-0.2, 0) is 9.47 Å². The Morgan fingerprint density at radius 2 is 1.88 bits per heavy atom. The summed E-state index contributed by atoms with van der Waals surface area (Å²) in [4.78, 5) is 38.8. The van der Waals surface area contributed by atoms with E-state index in [0.29, 0.717) is 34.9 Å². The Bertz CT molecular complexity index is 1590. The lowest BCUT2D eigenvalue weighted by molar-refractivity contribution is -0.317. The van der Waals surface area contributed by atoms with Gasteiger partial charge in [-0.1, -0.05) is 11.3 Å². The predicted octanol–water partition coefficient (Wildman–Crippen LogP) is 4.61. The number of anilines is 2. The molecule has 6 heterocycles. The second kappa shape index (κ2) is 10.0. The summed E-state index contributed by atoms with van der Waals surface area (Å²) < 4.78 is 58.0. The van der Waals surface area contributed by atoms with Gasteiger partial charge in [0.05, 0.1) is 72.2 Å². The molecule has 1 aliphatic carbocycles. The number of nitrogens with one attached hydrogen (secondary N) is 2. The number of fused-ring (bicyclic) bond motifs is 6. The van der Waals surface area contributed by atoms with Gasteiger partial charge in [0.2, 0.25) is 0 Å². The fourth-order valence-electron chi connectivity index (χ4n) is 6.67. The number of hydrogen-bond donors (Lipinski definition) is 2. The van der Waals surface area contributed by atoms with E-state index in [9.17, 15) is 22.8 Å². The normalized spacial score (nSPS) is 28.0. The van der Waals surface area contributed by atoms with Crippen molar-refractivity contribution in [1.82, 2.24) is 15.3 Å². The minimum absolute atomic E-state index is 0.141. The van der Waals surface area contributed by atoms with Crippen LogP contribution < -0.4 is 20.3 Å². The van der Waals surface area contributed by atoms with Gasteiger partial charge in [0.25, 0.3) is 11.8 Å². The van der Waals surface area contributed by atoms with Gasteiger partial charge in [-0.2, -0.15) is 13.2 Å². The molecule has 2 atom stereocenters. The highest BCUT2D eigenvalue weighted by Gasteiger charge is 2.63. The number of morpholine rings is 1. The second-order valence-electron chi connectivity index (χ2n) is 11.8. The van der Waals surface area contributed by atoms with Crippen LogP contribution in [-0.4, -0.2) is 78.1 Å². The maximum atomic E-state index is 13.8. The lowest BCUT2D eigenvalue weighted by Gasteiger charge is -2.53. The molecule has 43 heavy (non-hydrogen) atoms. The number of halogens is 3. The Hall–Kier alpha value is -3.49. The van der Waals surface area contributed by atoms with E-state index in [1.165, 1.54) is 24.6 Å². The van der Waals surface area contributed by atoms with Crippen molar-refractivity contribution in [3.05, 3.63) is 41.2 Å². The van der Waals surface area contributed by atoms with E-state index in [1.54, 1.807) is 19.1 Å². The van der Waals surface area contributed by atoms with Gasteiger partial charge >= 0.3 is 6.18 Å². The summed E-state index contributed by atoms with van der Waals surface area (Å²) in [6.07, 6.45) is -2.17. The largest absolute Gasteiger partial charge is 0.496 e. The number of amides is 2. The number of thiazole rings is 1. The third kappa shape index (κ3) is 4.61. The number of methoxy groups -OCH3 is 1. The molecule has 2 unspecified atom stereocenters. The molecule has 2 N–H and O–H groups in total. The van der Waals surface area contributed by atoms with Crippen LogP contribution in [0.3, 0.4) is 0 Å². The second-order valence-corrected chi connectivity index (χ2v) is 12.8. The molecule has 2 aromatic heterocycles. The van der Waals surface area contributed by atoms with Crippen LogP contribution in [0.1, 0.15) is 58.5 Å². The van der Waals surface area contributed by atoms with E-state index >= 15 is 0 Å². The molecule has 14 heteroatoms. The topological polar surface area (TPSA) is 115 Å². The SMILES string of the molecule is COc1ccc2nc(N3C4COCC3C4)sc2c1C(=O)Nc1cnc(C)cc1C(=O)NC12CCC(C(F)(F)F)(CC1)OC2. The quantitative estimate of drug-likeness (QED) is 0.412. The molecule has 2 amide bonds. The van der Waals surface area contributed by atoms with Gasteiger partial charge in [0, 0.05) is 5.69 Å². The Morgan fingerprint density at radius 1 is 1.14 bits per heavy atom. The van der Waals surface area contributed by atoms with Gasteiger partial charge in [0.15, 0.2) is 10.7 Å². The average molecular weight is 618 g/mol. The van der Waals surface area contributed by atoms with Crippen molar-refractivity contribution in [3.8, 4) is 5.75 Å².